The van der Waals surface area contributed by atoms with Crippen LogP contribution < -0.4 is 10.6 Å². The van der Waals surface area contributed by atoms with Gasteiger partial charge in [-0.2, -0.15) is 5.26 Å². The minimum atomic E-state index is -0.899. The van der Waals surface area contributed by atoms with E-state index in [9.17, 15) is 4.79 Å². The lowest BCUT2D eigenvalue weighted by molar-refractivity contribution is -0.138. The van der Waals surface area contributed by atoms with Crippen molar-refractivity contribution in [2.24, 2.45) is 0 Å². The summed E-state index contributed by atoms with van der Waals surface area (Å²) in [6.45, 7) is 0.289. The predicted octanol–water partition coefficient (Wildman–Crippen LogP) is 0.643. The fourth-order valence-electron chi connectivity index (χ4n) is 1.20. The maximum atomic E-state index is 10.7. The van der Waals surface area contributed by atoms with Crippen molar-refractivity contribution >= 4 is 11.7 Å². The van der Waals surface area contributed by atoms with Crippen molar-refractivity contribution in [3.8, 4) is 6.07 Å². The zero-order chi connectivity index (χ0) is 12.0. The van der Waals surface area contributed by atoms with Crippen molar-refractivity contribution in [1.82, 2.24) is 5.32 Å². The number of carbonyl (C=O) groups is 1. The Kier molecular flexibility index (Phi) is 4.30. The Labute approximate surface area is 93.7 Å². The van der Waals surface area contributed by atoms with Gasteiger partial charge in [-0.05, 0) is 31.3 Å². The summed E-state index contributed by atoms with van der Waals surface area (Å²) in [5.74, 6) is -0.899. The predicted molar refractivity (Wildman–Crippen MR) is 60.1 cm³/mol. The Balaban J connectivity index is 2.54. The Bertz CT molecular complexity index is 395. The molecule has 1 aromatic rings. The van der Waals surface area contributed by atoms with Crippen LogP contribution in [0.2, 0.25) is 0 Å². The van der Waals surface area contributed by atoms with Gasteiger partial charge in [-0.3, -0.25) is 4.79 Å². The molecule has 0 amide bonds. The van der Waals surface area contributed by atoms with Gasteiger partial charge in [0.2, 0.25) is 0 Å². The van der Waals surface area contributed by atoms with Crippen LogP contribution >= 0.6 is 0 Å². The third kappa shape index (κ3) is 3.26. The number of benzene rings is 1. The molecule has 0 heterocycles. The summed E-state index contributed by atoms with van der Waals surface area (Å²) in [6.07, 6.45) is 0. The molecule has 5 nitrogen and oxygen atoms in total. The average molecular weight is 219 g/mol. The van der Waals surface area contributed by atoms with Crippen LogP contribution in [0.5, 0.6) is 0 Å². The molecule has 0 spiro atoms. The van der Waals surface area contributed by atoms with Crippen LogP contribution in [0.3, 0.4) is 0 Å². The van der Waals surface area contributed by atoms with Gasteiger partial charge in [0, 0.05) is 12.2 Å². The fourth-order valence-corrected chi connectivity index (χ4v) is 1.20. The molecule has 0 saturated heterocycles. The molecule has 16 heavy (non-hydrogen) atoms. The first kappa shape index (κ1) is 12.0. The molecule has 5 heteroatoms. The van der Waals surface area contributed by atoms with Crippen LogP contribution in [0.15, 0.2) is 24.3 Å². The summed E-state index contributed by atoms with van der Waals surface area (Å²) in [5.41, 5.74) is 1.37. The molecule has 0 aliphatic carbocycles. The lowest BCUT2D eigenvalue weighted by Crippen LogP contribution is -2.39. The SMILES string of the molecule is CNC(CNc1ccc(C#N)cc1)C(=O)O. The summed E-state index contributed by atoms with van der Waals surface area (Å²) < 4.78 is 0. The van der Waals surface area contributed by atoms with Gasteiger partial charge in [0.15, 0.2) is 0 Å². The number of aliphatic carboxylic acids is 1. The highest BCUT2D eigenvalue weighted by Crippen LogP contribution is 2.08. The van der Waals surface area contributed by atoms with Crippen LogP contribution in [-0.2, 0) is 4.79 Å². The average Bonchev–Trinajstić information content (AvgIpc) is 2.30. The van der Waals surface area contributed by atoms with Gasteiger partial charge in [0.05, 0.1) is 11.6 Å². The maximum Gasteiger partial charge on any atom is 0.322 e. The van der Waals surface area contributed by atoms with E-state index in [0.717, 1.165) is 5.69 Å². The quantitative estimate of drug-likeness (QED) is 0.676. The second kappa shape index (κ2) is 5.73. The molecule has 0 bridgehead atoms. The third-order valence-corrected chi connectivity index (χ3v) is 2.17. The van der Waals surface area contributed by atoms with E-state index in [1.54, 1.807) is 31.3 Å². The van der Waals surface area contributed by atoms with E-state index in [0.29, 0.717) is 5.56 Å². The van der Waals surface area contributed by atoms with Gasteiger partial charge >= 0.3 is 5.97 Å². The van der Waals surface area contributed by atoms with Gasteiger partial charge in [0.1, 0.15) is 6.04 Å². The Morgan fingerprint density at radius 3 is 2.56 bits per heavy atom. The summed E-state index contributed by atoms with van der Waals surface area (Å²) in [6, 6.07) is 8.23. The van der Waals surface area contributed by atoms with Crippen molar-refractivity contribution in [3.05, 3.63) is 29.8 Å². The smallest absolute Gasteiger partial charge is 0.322 e. The first-order valence-electron chi connectivity index (χ1n) is 4.81. The molecule has 0 radical (unpaired) electrons. The monoisotopic (exact) mass is 219 g/mol. The number of carboxylic acid groups (broad SMARTS) is 1. The van der Waals surface area contributed by atoms with Crippen LogP contribution in [-0.4, -0.2) is 30.7 Å². The number of hydrogen-bond acceptors (Lipinski definition) is 4. The number of rotatable bonds is 5. The first-order valence-corrected chi connectivity index (χ1v) is 4.81. The highest BCUT2D eigenvalue weighted by atomic mass is 16.4. The highest BCUT2D eigenvalue weighted by molar-refractivity contribution is 5.74. The number of carboxylic acids is 1. The number of nitrogens with zero attached hydrogens (tertiary/aromatic N) is 1. The molecule has 1 aromatic carbocycles. The van der Waals surface area contributed by atoms with Gasteiger partial charge < -0.3 is 15.7 Å². The van der Waals surface area contributed by atoms with Gasteiger partial charge in [0.25, 0.3) is 0 Å². The Morgan fingerprint density at radius 2 is 2.12 bits per heavy atom. The largest absolute Gasteiger partial charge is 0.480 e. The number of nitrogens with one attached hydrogen (secondary N) is 2. The van der Waals surface area contributed by atoms with Crippen molar-refractivity contribution < 1.29 is 9.90 Å². The second-order valence-electron chi connectivity index (χ2n) is 3.25. The summed E-state index contributed by atoms with van der Waals surface area (Å²) in [4.78, 5) is 10.7. The molecule has 84 valence electrons. The van der Waals surface area contributed by atoms with Gasteiger partial charge in [-0.25, -0.2) is 0 Å². The standard InChI is InChI=1S/C11H13N3O2/c1-13-10(11(15)16)7-14-9-4-2-8(6-12)3-5-9/h2-5,10,13-14H,7H2,1H3,(H,15,16). The normalized spacial score (nSPS) is 11.5. The summed E-state index contributed by atoms with van der Waals surface area (Å²) >= 11 is 0. The highest BCUT2D eigenvalue weighted by Gasteiger charge is 2.13. The van der Waals surface area contributed by atoms with Crippen molar-refractivity contribution in [2.45, 2.75) is 6.04 Å². The van der Waals surface area contributed by atoms with Crippen LogP contribution in [0.4, 0.5) is 5.69 Å². The number of likely N-dealkylation sites (N-methyl/N-ethyl adjacent to an activating group) is 1. The third-order valence-electron chi connectivity index (χ3n) is 2.17. The van der Waals surface area contributed by atoms with Crippen molar-refractivity contribution in [1.29, 1.82) is 5.26 Å². The molecule has 0 aromatic heterocycles. The Hall–Kier alpha value is -2.06. The molecule has 0 saturated carbocycles. The molecule has 0 aliphatic heterocycles. The zero-order valence-electron chi connectivity index (χ0n) is 8.90. The van der Waals surface area contributed by atoms with Crippen molar-refractivity contribution in [3.63, 3.8) is 0 Å². The molecule has 1 atom stereocenters. The number of nitriles is 1. The number of anilines is 1. The van der Waals surface area contributed by atoms with E-state index in [1.807, 2.05) is 6.07 Å². The van der Waals surface area contributed by atoms with E-state index in [4.69, 9.17) is 10.4 Å². The molecular weight excluding hydrogens is 206 g/mol. The van der Waals surface area contributed by atoms with Crippen LogP contribution in [0.1, 0.15) is 5.56 Å². The van der Waals surface area contributed by atoms with Crippen molar-refractivity contribution in [2.75, 3.05) is 18.9 Å². The lowest BCUT2D eigenvalue weighted by atomic mass is 10.2. The van der Waals surface area contributed by atoms with E-state index in [-0.39, 0.29) is 6.54 Å². The minimum absolute atomic E-state index is 0.289. The Morgan fingerprint density at radius 1 is 1.50 bits per heavy atom. The molecule has 0 aliphatic rings. The molecular formula is C11H13N3O2. The van der Waals surface area contributed by atoms with Gasteiger partial charge in [-0.15, -0.1) is 0 Å². The summed E-state index contributed by atoms with van der Waals surface area (Å²) in [7, 11) is 1.60. The van der Waals surface area contributed by atoms with Crippen LogP contribution in [0, 0.1) is 11.3 Å². The second-order valence-corrected chi connectivity index (χ2v) is 3.25. The van der Waals surface area contributed by atoms with Crippen LogP contribution in [0.25, 0.3) is 0 Å². The van der Waals surface area contributed by atoms with E-state index >= 15 is 0 Å². The molecule has 1 rings (SSSR count). The van der Waals surface area contributed by atoms with E-state index < -0.39 is 12.0 Å². The van der Waals surface area contributed by atoms with E-state index in [2.05, 4.69) is 10.6 Å². The molecule has 0 fully saturated rings. The topological polar surface area (TPSA) is 85.1 Å². The minimum Gasteiger partial charge on any atom is -0.480 e. The fraction of sp³-hybridized carbons (Fsp3) is 0.273. The van der Waals surface area contributed by atoms with Gasteiger partial charge in [-0.1, -0.05) is 0 Å². The van der Waals surface area contributed by atoms with E-state index in [1.165, 1.54) is 0 Å². The maximum absolute atomic E-state index is 10.7. The molecule has 3 N–H and O–H groups in total. The zero-order valence-corrected chi connectivity index (χ0v) is 8.90. The number of hydrogen-bond donors (Lipinski definition) is 3. The lowest BCUT2D eigenvalue weighted by Gasteiger charge is -2.12. The summed E-state index contributed by atoms with van der Waals surface area (Å²) in [5, 5.41) is 23.0. The first-order chi connectivity index (χ1) is 7.67. The molecule has 1 unspecified atom stereocenters.